The average molecular weight is 239 g/mol. The van der Waals surface area contributed by atoms with E-state index in [1.165, 1.54) is 12.1 Å². The van der Waals surface area contributed by atoms with Gasteiger partial charge in [0, 0.05) is 0 Å². The third-order valence-corrected chi connectivity index (χ3v) is 2.12. The van der Waals surface area contributed by atoms with E-state index in [2.05, 4.69) is 5.32 Å². The second-order valence-electron chi connectivity index (χ2n) is 3.48. The molecule has 1 amide bonds. The fourth-order valence-electron chi connectivity index (χ4n) is 1.23. The molecule has 0 aliphatic carbocycles. The standard InChI is InChI=1S/C11H13NO5/c13-6-9(11(16)17)12-10(15)5-7-1-3-8(14)4-2-7/h1-4,9,13-14H,5-6H2,(H,12,15)(H,16,17)/t9-/m1/s1. The van der Waals surface area contributed by atoms with E-state index in [0.717, 1.165) is 0 Å². The minimum Gasteiger partial charge on any atom is -0.508 e. The van der Waals surface area contributed by atoms with Gasteiger partial charge in [0.25, 0.3) is 0 Å². The van der Waals surface area contributed by atoms with Gasteiger partial charge in [0.1, 0.15) is 11.8 Å². The zero-order chi connectivity index (χ0) is 12.8. The van der Waals surface area contributed by atoms with Crippen molar-refractivity contribution in [2.45, 2.75) is 12.5 Å². The van der Waals surface area contributed by atoms with Gasteiger partial charge < -0.3 is 20.6 Å². The molecular weight excluding hydrogens is 226 g/mol. The molecule has 0 fully saturated rings. The first-order valence-electron chi connectivity index (χ1n) is 4.94. The average Bonchev–Trinajstić information content (AvgIpc) is 2.28. The maximum absolute atomic E-state index is 11.4. The van der Waals surface area contributed by atoms with Gasteiger partial charge in [-0.2, -0.15) is 0 Å². The second-order valence-corrected chi connectivity index (χ2v) is 3.48. The van der Waals surface area contributed by atoms with Crippen molar-refractivity contribution in [2.75, 3.05) is 6.61 Å². The number of hydrogen-bond donors (Lipinski definition) is 4. The minimum atomic E-state index is -1.29. The molecule has 1 aromatic carbocycles. The maximum atomic E-state index is 11.4. The number of benzene rings is 1. The summed E-state index contributed by atoms with van der Waals surface area (Å²) in [6.45, 7) is -0.656. The Morgan fingerprint density at radius 3 is 2.29 bits per heavy atom. The van der Waals surface area contributed by atoms with Crippen molar-refractivity contribution in [1.82, 2.24) is 5.32 Å². The molecule has 0 radical (unpaired) electrons. The Balaban J connectivity index is 2.54. The van der Waals surface area contributed by atoms with Crippen LogP contribution in [0.1, 0.15) is 5.56 Å². The fourth-order valence-corrected chi connectivity index (χ4v) is 1.23. The summed E-state index contributed by atoms with van der Waals surface area (Å²) in [5.74, 6) is -1.70. The van der Waals surface area contributed by atoms with Crippen molar-refractivity contribution in [3.8, 4) is 5.75 Å². The molecule has 1 aromatic rings. The van der Waals surface area contributed by atoms with Crippen LogP contribution >= 0.6 is 0 Å². The third kappa shape index (κ3) is 4.12. The highest BCUT2D eigenvalue weighted by Crippen LogP contribution is 2.09. The van der Waals surface area contributed by atoms with Crippen LogP contribution in [0.2, 0.25) is 0 Å². The van der Waals surface area contributed by atoms with Crippen LogP contribution in [0, 0.1) is 0 Å². The van der Waals surface area contributed by atoms with Crippen LogP contribution < -0.4 is 5.32 Å². The summed E-state index contributed by atoms with van der Waals surface area (Å²) in [5.41, 5.74) is 0.641. The summed E-state index contributed by atoms with van der Waals surface area (Å²) >= 11 is 0. The van der Waals surface area contributed by atoms with E-state index in [0.29, 0.717) is 5.56 Å². The molecule has 6 heteroatoms. The lowest BCUT2D eigenvalue weighted by atomic mass is 10.1. The van der Waals surface area contributed by atoms with Gasteiger partial charge in [-0.1, -0.05) is 12.1 Å². The van der Waals surface area contributed by atoms with Gasteiger partial charge in [0.2, 0.25) is 5.91 Å². The number of hydrogen-bond acceptors (Lipinski definition) is 4. The van der Waals surface area contributed by atoms with Crippen molar-refractivity contribution in [3.05, 3.63) is 29.8 Å². The summed E-state index contributed by atoms with van der Waals surface area (Å²) < 4.78 is 0. The van der Waals surface area contributed by atoms with Crippen LogP contribution in [0.5, 0.6) is 5.75 Å². The Morgan fingerprint density at radius 1 is 1.24 bits per heavy atom. The predicted molar refractivity (Wildman–Crippen MR) is 58.5 cm³/mol. The predicted octanol–water partition coefficient (Wildman–Crippen LogP) is -0.504. The Morgan fingerprint density at radius 2 is 1.82 bits per heavy atom. The smallest absolute Gasteiger partial charge is 0.328 e. The number of amides is 1. The number of aromatic hydroxyl groups is 1. The molecule has 0 unspecified atom stereocenters. The Labute approximate surface area is 97.5 Å². The molecule has 0 saturated carbocycles. The summed E-state index contributed by atoms with van der Waals surface area (Å²) in [6.07, 6.45) is -0.00986. The number of carbonyl (C=O) groups is 2. The van der Waals surface area contributed by atoms with Gasteiger partial charge in [0.05, 0.1) is 13.0 Å². The molecule has 0 spiro atoms. The van der Waals surface area contributed by atoms with E-state index in [4.69, 9.17) is 15.3 Å². The number of phenolic OH excluding ortho intramolecular Hbond substituents is 1. The van der Waals surface area contributed by atoms with E-state index < -0.39 is 24.5 Å². The topological polar surface area (TPSA) is 107 Å². The van der Waals surface area contributed by atoms with Crippen molar-refractivity contribution in [1.29, 1.82) is 0 Å². The van der Waals surface area contributed by atoms with E-state index in [-0.39, 0.29) is 12.2 Å². The highest BCUT2D eigenvalue weighted by atomic mass is 16.4. The van der Waals surface area contributed by atoms with Crippen LogP contribution in [-0.4, -0.2) is 39.8 Å². The molecule has 1 rings (SSSR count). The van der Waals surface area contributed by atoms with E-state index in [9.17, 15) is 9.59 Å². The lowest BCUT2D eigenvalue weighted by molar-refractivity contribution is -0.142. The van der Waals surface area contributed by atoms with Crippen LogP contribution in [0.4, 0.5) is 0 Å². The molecule has 0 aliphatic rings. The van der Waals surface area contributed by atoms with Crippen molar-refractivity contribution in [2.24, 2.45) is 0 Å². The number of phenols is 1. The van der Waals surface area contributed by atoms with Crippen LogP contribution in [-0.2, 0) is 16.0 Å². The Hall–Kier alpha value is -2.08. The minimum absolute atomic E-state index is 0.00986. The molecule has 0 saturated heterocycles. The quantitative estimate of drug-likeness (QED) is 0.554. The third-order valence-electron chi connectivity index (χ3n) is 2.12. The molecule has 0 aliphatic heterocycles. The first-order valence-corrected chi connectivity index (χ1v) is 4.94. The van der Waals surface area contributed by atoms with Gasteiger partial charge in [0.15, 0.2) is 0 Å². The SMILES string of the molecule is O=C(Cc1ccc(O)cc1)N[C@H](CO)C(=O)O. The number of nitrogens with one attached hydrogen (secondary N) is 1. The van der Waals surface area contributed by atoms with E-state index in [1.807, 2.05) is 0 Å². The number of carboxylic acids is 1. The van der Waals surface area contributed by atoms with Crippen molar-refractivity contribution >= 4 is 11.9 Å². The summed E-state index contributed by atoms with van der Waals surface area (Å²) in [4.78, 5) is 22.0. The molecule has 1 atom stereocenters. The fraction of sp³-hybridized carbons (Fsp3) is 0.273. The van der Waals surface area contributed by atoms with Crippen LogP contribution in [0.25, 0.3) is 0 Å². The maximum Gasteiger partial charge on any atom is 0.328 e. The largest absolute Gasteiger partial charge is 0.508 e. The van der Waals surface area contributed by atoms with Gasteiger partial charge in [-0.05, 0) is 17.7 Å². The van der Waals surface area contributed by atoms with Gasteiger partial charge in [-0.25, -0.2) is 4.79 Å². The number of aliphatic hydroxyl groups excluding tert-OH is 1. The molecule has 17 heavy (non-hydrogen) atoms. The van der Waals surface area contributed by atoms with Gasteiger partial charge in [-0.3, -0.25) is 4.79 Å². The Bertz CT molecular complexity index is 401. The lowest BCUT2D eigenvalue weighted by Crippen LogP contribution is -2.43. The zero-order valence-corrected chi connectivity index (χ0v) is 8.96. The Kier molecular flexibility index (Phi) is 4.47. The molecule has 0 aromatic heterocycles. The molecule has 0 bridgehead atoms. The number of rotatable bonds is 5. The van der Waals surface area contributed by atoms with E-state index >= 15 is 0 Å². The molecule has 6 nitrogen and oxygen atoms in total. The highest BCUT2D eigenvalue weighted by Gasteiger charge is 2.18. The van der Waals surface area contributed by atoms with Crippen molar-refractivity contribution < 1.29 is 24.9 Å². The summed E-state index contributed by atoms with van der Waals surface area (Å²) in [6, 6.07) is 4.69. The van der Waals surface area contributed by atoms with E-state index in [1.54, 1.807) is 12.1 Å². The first kappa shape index (κ1) is 13.0. The van der Waals surface area contributed by atoms with Gasteiger partial charge >= 0.3 is 5.97 Å². The van der Waals surface area contributed by atoms with Gasteiger partial charge in [-0.15, -0.1) is 0 Å². The molecule has 4 N–H and O–H groups in total. The summed E-state index contributed by atoms with van der Waals surface area (Å²) in [7, 11) is 0. The number of carboxylic acid groups (broad SMARTS) is 1. The lowest BCUT2D eigenvalue weighted by Gasteiger charge is -2.11. The number of carbonyl (C=O) groups excluding carboxylic acids is 1. The molecule has 0 heterocycles. The monoisotopic (exact) mass is 239 g/mol. The number of aliphatic carboxylic acids is 1. The zero-order valence-electron chi connectivity index (χ0n) is 8.96. The second kappa shape index (κ2) is 5.86. The highest BCUT2D eigenvalue weighted by molar-refractivity contribution is 5.84. The molecule has 92 valence electrons. The van der Waals surface area contributed by atoms with Crippen LogP contribution in [0.15, 0.2) is 24.3 Å². The summed E-state index contributed by atoms with van der Waals surface area (Å²) in [5, 5.41) is 28.6. The number of aliphatic hydroxyl groups is 1. The normalized spacial score (nSPS) is 11.8. The van der Waals surface area contributed by atoms with Crippen molar-refractivity contribution in [3.63, 3.8) is 0 Å². The van der Waals surface area contributed by atoms with Crippen LogP contribution in [0.3, 0.4) is 0 Å². The molecular formula is C11H13NO5. The first-order chi connectivity index (χ1) is 8.02.